The van der Waals surface area contributed by atoms with Gasteiger partial charge in [0.1, 0.15) is 0 Å². The number of carbonyl (C=O) groups excluding carboxylic acids is 1. The van der Waals surface area contributed by atoms with Gasteiger partial charge in [-0.15, -0.1) is 5.73 Å². The standard InChI is InChI=1S/C33H35NO3/c1-3-5-8-24-9-11-29(12-10-24)31(35)34-30-19-17-28(18-20-30)27-15-13-26(14-16-27)25(4-2)23-33(32(36)37)21-6-7-22-33/h9-20H,2-3,5-8,21-23H2,1H3,(H,34,35)(H,36,37). The van der Waals surface area contributed by atoms with Gasteiger partial charge in [0.25, 0.3) is 5.91 Å². The highest BCUT2D eigenvalue weighted by Gasteiger charge is 2.41. The Labute approximate surface area is 219 Å². The molecule has 1 aliphatic rings. The summed E-state index contributed by atoms with van der Waals surface area (Å²) in [5.41, 5.74) is 8.83. The SMILES string of the molecule is C=C=C(CC1(C(=O)O)CCCC1)c1ccc(-c2ccc(NC(=O)c3ccc(CCCC)cc3)cc2)cc1. The van der Waals surface area contributed by atoms with Gasteiger partial charge in [0, 0.05) is 16.8 Å². The fraction of sp³-hybridized carbons (Fsp3) is 0.303. The van der Waals surface area contributed by atoms with Gasteiger partial charge in [-0.1, -0.05) is 81.3 Å². The van der Waals surface area contributed by atoms with Gasteiger partial charge in [-0.05, 0) is 78.6 Å². The second kappa shape index (κ2) is 11.9. The van der Waals surface area contributed by atoms with Crippen LogP contribution in [0.25, 0.3) is 16.7 Å². The first kappa shape index (κ1) is 26.2. The molecule has 0 aromatic heterocycles. The Kier molecular flexibility index (Phi) is 8.43. The number of carbonyl (C=O) groups is 2. The molecule has 0 radical (unpaired) electrons. The molecule has 1 fully saturated rings. The number of benzene rings is 3. The van der Waals surface area contributed by atoms with Crippen molar-refractivity contribution in [2.75, 3.05) is 5.32 Å². The number of anilines is 1. The van der Waals surface area contributed by atoms with E-state index < -0.39 is 11.4 Å². The van der Waals surface area contributed by atoms with Crippen LogP contribution in [0.3, 0.4) is 0 Å². The highest BCUT2D eigenvalue weighted by molar-refractivity contribution is 6.04. The van der Waals surface area contributed by atoms with Crippen LogP contribution >= 0.6 is 0 Å². The number of amides is 1. The van der Waals surface area contributed by atoms with E-state index in [-0.39, 0.29) is 5.91 Å². The largest absolute Gasteiger partial charge is 0.481 e. The van der Waals surface area contributed by atoms with Crippen LogP contribution in [-0.2, 0) is 11.2 Å². The molecule has 190 valence electrons. The van der Waals surface area contributed by atoms with Crippen LogP contribution in [0.2, 0.25) is 0 Å². The van der Waals surface area contributed by atoms with Gasteiger partial charge in [-0.3, -0.25) is 9.59 Å². The lowest BCUT2D eigenvalue weighted by Gasteiger charge is -2.24. The number of aryl methyl sites for hydroxylation is 1. The van der Waals surface area contributed by atoms with Gasteiger partial charge >= 0.3 is 5.97 Å². The minimum Gasteiger partial charge on any atom is -0.481 e. The predicted octanol–water partition coefficient (Wildman–Crippen LogP) is 8.15. The van der Waals surface area contributed by atoms with E-state index >= 15 is 0 Å². The van der Waals surface area contributed by atoms with Crippen molar-refractivity contribution in [2.24, 2.45) is 5.41 Å². The molecule has 0 heterocycles. The summed E-state index contributed by atoms with van der Waals surface area (Å²) in [4.78, 5) is 24.6. The average Bonchev–Trinajstić information content (AvgIpc) is 3.41. The van der Waals surface area contributed by atoms with Gasteiger partial charge in [-0.2, -0.15) is 0 Å². The fourth-order valence-corrected chi connectivity index (χ4v) is 5.14. The molecule has 3 aromatic rings. The second-order valence-corrected chi connectivity index (χ2v) is 10.0. The number of hydrogen-bond acceptors (Lipinski definition) is 2. The van der Waals surface area contributed by atoms with Crippen LogP contribution in [0, 0.1) is 5.41 Å². The Morgan fingerprint density at radius 2 is 1.46 bits per heavy atom. The van der Waals surface area contributed by atoms with Crippen molar-refractivity contribution in [1.82, 2.24) is 0 Å². The van der Waals surface area contributed by atoms with Crippen molar-refractivity contribution in [3.05, 3.63) is 102 Å². The molecule has 1 amide bonds. The number of rotatable bonds is 10. The van der Waals surface area contributed by atoms with Crippen LogP contribution in [0.15, 0.2) is 85.1 Å². The van der Waals surface area contributed by atoms with Crippen molar-refractivity contribution >= 4 is 23.1 Å². The van der Waals surface area contributed by atoms with E-state index in [9.17, 15) is 14.7 Å². The summed E-state index contributed by atoms with van der Waals surface area (Å²) in [6.45, 7) is 6.01. The Bertz CT molecular complexity index is 1270. The molecule has 1 aliphatic carbocycles. The molecule has 37 heavy (non-hydrogen) atoms. The van der Waals surface area contributed by atoms with Crippen molar-refractivity contribution in [3.63, 3.8) is 0 Å². The van der Waals surface area contributed by atoms with E-state index in [1.807, 2.05) is 72.8 Å². The molecule has 0 unspecified atom stereocenters. The minimum absolute atomic E-state index is 0.121. The first-order valence-electron chi connectivity index (χ1n) is 13.2. The van der Waals surface area contributed by atoms with Crippen LogP contribution in [0.1, 0.15) is 73.4 Å². The van der Waals surface area contributed by atoms with Crippen molar-refractivity contribution in [2.45, 2.75) is 58.3 Å². The Morgan fingerprint density at radius 3 is 2.00 bits per heavy atom. The first-order chi connectivity index (χ1) is 17.9. The summed E-state index contributed by atoms with van der Waals surface area (Å²) in [6.07, 6.45) is 7.13. The van der Waals surface area contributed by atoms with Gasteiger partial charge in [-0.25, -0.2) is 0 Å². The van der Waals surface area contributed by atoms with Crippen LogP contribution in [0.5, 0.6) is 0 Å². The Balaban J connectivity index is 1.40. The smallest absolute Gasteiger partial charge is 0.309 e. The highest BCUT2D eigenvalue weighted by Crippen LogP contribution is 2.45. The van der Waals surface area contributed by atoms with E-state index in [0.717, 1.165) is 60.1 Å². The second-order valence-electron chi connectivity index (χ2n) is 10.0. The quantitative estimate of drug-likeness (QED) is 0.280. The van der Waals surface area contributed by atoms with E-state index in [4.69, 9.17) is 0 Å². The van der Waals surface area contributed by atoms with E-state index in [1.54, 1.807) is 0 Å². The van der Waals surface area contributed by atoms with Gasteiger partial charge in [0.05, 0.1) is 5.41 Å². The molecule has 2 N–H and O–H groups in total. The lowest BCUT2D eigenvalue weighted by Crippen LogP contribution is -2.27. The highest BCUT2D eigenvalue weighted by atomic mass is 16.4. The zero-order valence-electron chi connectivity index (χ0n) is 21.6. The molecule has 4 heteroatoms. The number of unbranched alkanes of at least 4 members (excludes halogenated alkanes) is 1. The third-order valence-electron chi connectivity index (χ3n) is 7.49. The maximum absolute atomic E-state index is 12.7. The maximum atomic E-state index is 12.7. The van der Waals surface area contributed by atoms with Crippen LogP contribution < -0.4 is 5.32 Å². The van der Waals surface area contributed by atoms with Gasteiger partial charge in [0.15, 0.2) is 0 Å². The first-order valence-corrected chi connectivity index (χ1v) is 13.2. The molecule has 0 bridgehead atoms. The number of carboxylic acid groups (broad SMARTS) is 1. The van der Waals surface area contributed by atoms with Crippen LogP contribution in [-0.4, -0.2) is 17.0 Å². The van der Waals surface area contributed by atoms with E-state index in [1.165, 1.54) is 5.56 Å². The van der Waals surface area contributed by atoms with Crippen molar-refractivity contribution in [1.29, 1.82) is 0 Å². The minimum atomic E-state index is -0.717. The number of aliphatic carboxylic acids is 1. The summed E-state index contributed by atoms with van der Waals surface area (Å²) in [6, 6.07) is 23.7. The molecular weight excluding hydrogens is 458 g/mol. The number of allylic oxidation sites excluding steroid dienone is 1. The zero-order valence-corrected chi connectivity index (χ0v) is 21.6. The molecule has 0 atom stereocenters. The molecule has 0 aliphatic heterocycles. The molecule has 4 nitrogen and oxygen atoms in total. The molecule has 4 rings (SSSR count). The topological polar surface area (TPSA) is 66.4 Å². The van der Waals surface area contributed by atoms with Gasteiger partial charge < -0.3 is 10.4 Å². The summed E-state index contributed by atoms with van der Waals surface area (Å²) in [5.74, 6) is -0.838. The lowest BCUT2D eigenvalue weighted by atomic mass is 9.78. The summed E-state index contributed by atoms with van der Waals surface area (Å²) in [5, 5.41) is 12.8. The Hall–Kier alpha value is -3.88. The van der Waals surface area contributed by atoms with Gasteiger partial charge in [0.2, 0.25) is 0 Å². The van der Waals surface area contributed by atoms with Crippen molar-refractivity contribution < 1.29 is 14.7 Å². The average molecular weight is 494 g/mol. The summed E-state index contributed by atoms with van der Waals surface area (Å²) in [7, 11) is 0. The molecule has 3 aromatic carbocycles. The molecular formula is C33H35NO3. The summed E-state index contributed by atoms with van der Waals surface area (Å²) >= 11 is 0. The molecule has 1 saturated carbocycles. The molecule has 0 spiro atoms. The van der Waals surface area contributed by atoms with Crippen molar-refractivity contribution in [3.8, 4) is 11.1 Å². The number of hydrogen-bond donors (Lipinski definition) is 2. The zero-order chi connectivity index (χ0) is 26.3. The van der Waals surface area contributed by atoms with Crippen LogP contribution in [0.4, 0.5) is 5.69 Å². The predicted molar refractivity (Wildman–Crippen MR) is 151 cm³/mol. The third kappa shape index (κ3) is 6.28. The third-order valence-corrected chi connectivity index (χ3v) is 7.49. The lowest BCUT2D eigenvalue weighted by molar-refractivity contribution is -0.148. The number of nitrogens with one attached hydrogen (secondary N) is 1. The normalized spacial score (nSPS) is 14.1. The molecule has 0 saturated heterocycles. The summed E-state index contributed by atoms with van der Waals surface area (Å²) < 4.78 is 0. The fourth-order valence-electron chi connectivity index (χ4n) is 5.14. The van der Waals surface area contributed by atoms with E-state index in [0.29, 0.717) is 24.8 Å². The maximum Gasteiger partial charge on any atom is 0.309 e. The number of carboxylic acids is 1. The Morgan fingerprint density at radius 1 is 0.892 bits per heavy atom. The monoisotopic (exact) mass is 493 g/mol. The van der Waals surface area contributed by atoms with E-state index in [2.05, 4.69) is 24.6 Å².